The average Bonchev–Trinajstić information content (AvgIpc) is 2.71. The van der Waals surface area contributed by atoms with Gasteiger partial charge in [-0.25, -0.2) is 8.78 Å². The summed E-state index contributed by atoms with van der Waals surface area (Å²) < 4.78 is 26.3. The van der Waals surface area contributed by atoms with Gasteiger partial charge in [-0.15, -0.1) is 0 Å². The van der Waals surface area contributed by atoms with Crippen LogP contribution in [-0.4, -0.2) is 7.05 Å². The molecule has 1 nitrogen and oxygen atoms in total. The van der Waals surface area contributed by atoms with E-state index in [0.717, 1.165) is 6.07 Å². The molecule has 0 aliphatic rings. The summed E-state index contributed by atoms with van der Waals surface area (Å²) in [7, 11) is 1.86. The molecule has 2 rings (SSSR count). The zero-order chi connectivity index (χ0) is 13.1. The number of thiophene rings is 1. The summed E-state index contributed by atoms with van der Waals surface area (Å²) in [5.41, 5.74) is 3.06. The maximum Gasteiger partial charge on any atom is 0.126 e. The summed E-state index contributed by atoms with van der Waals surface area (Å²) in [5.74, 6) is -1.05. The van der Waals surface area contributed by atoms with Crippen LogP contribution in [0.3, 0.4) is 0 Å². The molecule has 0 saturated carbocycles. The van der Waals surface area contributed by atoms with Gasteiger partial charge in [-0.1, -0.05) is 0 Å². The minimum atomic E-state index is -0.526. The Morgan fingerprint density at radius 1 is 1.17 bits per heavy atom. The van der Waals surface area contributed by atoms with Crippen molar-refractivity contribution in [1.29, 1.82) is 0 Å². The number of rotatable bonds is 4. The van der Waals surface area contributed by atoms with Crippen molar-refractivity contribution in [3.05, 3.63) is 57.3 Å². The van der Waals surface area contributed by atoms with Crippen molar-refractivity contribution in [2.45, 2.75) is 19.4 Å². The first-order valence-corrected chi connectivity index (χ1v) is 6.69. The molecule has 1 N–H and O–H groups in total. The van der Waals surface area contributed by atoms with Crippen molar-refractivity contribution < 1.29 is 8.78 Å². The Morgan fingerprint density at radius 2 is 1.83 bits per heavy atom. The minimum Gasteiger partial charge on any atom is -0.313 e. The Balaban J connectivity index is 2.23. The monoisotopic (exact) mass is 267 g/mol. The number of likely N-dealkylation sites (N-methyl/N-ethyl adjacent to an activating group) is 1. The molecule has 0 fully saturated rings. The van der Waals surface area contributed by atoms with E-state index >= 15 is 0 Å². The number of aryl methyl sites for hydroxylation is 1. The van der Waals surface area contributed by atoms with Crippen molar-refractivity contribution in [1.82, 2.24) is 5.32 Å². The summed E-state index contributed by atoms with van der Waals surface area (Å²) >= 11 is 1.64. The highest BCUT2D eigenvalue weighted by Gasteiger charge is 2.14. The molecule has 0 saturated heterocycles. The van der Waals surface area contributed by atoms with Gasteiger partial charge in [0.1, 0.15) is 11.6 Å². The summed E-state index contributed by atoms with van der Waals surface area (Å²) in [6, 6.07) is 3.75. The standard InChI is InChI=1S/C14H15F2NS/c1-9-7-18-8-13(9)14(17-2)5-10-3-11(15)6-12(16)4-10/h3-4,6-8,14,17H,5H2,1-2H3. The van der Waals surface area contributed by atoms with Crippen molar-refractivity contribution in [3.8, 4) is 0 Å². The van der Waals surface area contributed by atoms with Crippen LogP contribution in [0.2, 0.25) is 0 Å². The first-order chi connectivity index (χ1) is 8.60. The zero-order valence-corrected chi connectivity index (χ0v) is 11.2. The molecule has 0 bridgehead atoms. The van der Waals surface area contributed by atoms with Crippen LogP contribution in [0.5, 0.6) is 0 Å². The third kappa shape index (κ3) is 2.94. The molecule has 1 unspecified atom stereocenters. The highest BCUT2D eigenvalue weighted by Crippen LogP contribution is 2.25. The van der Waals surface area contributed by atoms with Gasteiger partial charge in [0.25, 0.3) is 0 Å². The Morgan fingerprint density at radius 3 is 2.33 bits per heavy atom. The largest absolute Gasteiger partial charge is 0.313 e. The van der Waals surface area contributed by atoms with Gasteiger partial charge >= 0.3 is 0 Å². The fraction of sp³-hybridized carbons (Fsp3) is 0.286. The molecular formula is C14H15F2NS. The summed E-state index contributed by atoms with van der Waals surface area (Å²) in [4.78, 5) is 0. The first kappa shape index (κ1) is 13.2. The Bertz CT molecular complexity index is 516. The zero-order valence-electron chi connectivity index (χ0n) is 10.3. The third-order valence-corrected chi connectivity index (χ3v) is 3.86. The van der Waals surface area contributed by atoms with Crippen molar-refractivity contribution >= 4 is 11.3 Å². The molecular weight excluding hydrogens is 252 g/mol. The second-order valence-electron chi connectivity index (χ2n) is 4.33. The molecule has 1 heterocycles. The van der Waals surface area contributed by atoms with Crippen molar-refractivity contribution in [2.75, 3.05) is 7.05 Å². The molecule has 96 valence electrons. The third-order valence-electron chi connectivity index (χ3n) is 2.98. The van der Waals surface area contributed by atoms with Crippen LogP contribution < -0.4 is 5.32 Å². The van der Waals surface area contributed by atoms with Crippen LogP contribution >= 0.6 is 11.3 Å². The summed E-state index contributed by atoms with van der Waals surface area (Å²) in [5, 5.41) is 7.35. The smallest absolute Gasteiger partial charge is 0.126 e. The molecule has 18 heavy (non-hydrogen) atoms. The topological polar surface area (TPSA) is 12.0 Å². The molecule has 4 heteroatoms. The van der Waals surface area contributed by atoms with E-state index in [4.69, 9.17) is 0 Å². The van der Waals surface area contributed by atoms with Gasteiger partial charge in [-0.05, 0) is 60.0 Å². The second-order valence-corrected chi connectivity index (χ2v) is 5.08. The predicted molar refractivity (Wildman–Crippen MR) is 70.9 cm³/mol. The van der Waals surface area contributed by atoms with Crippen LogP contribution in [0.25, 0.3) is 0 Å². The van der Waals surface area contributed by atoms with Crippen LogP contribution in [0, 0.1) is 18.6 Å². The Kier molecular flexibility index (Phi) is 4.09. The molecule has 1 aromatic heterocycles. The lowest BCUT2D eigenvalue weighted by molar-refractivity contribution is 0.561. The molecule has 2 aromatic rings. The van der Waals surface area contributed by atoms with Gasteiger partial charge in [-0.3, -0.25) is 0 Å². The van der Waals surface area contributed by atoms with Crippen LogP contribution in [-0.2, 0) is 6.42 Å². The quantitative estimate of drug-likeness (QED) is 0.887. The lowest BCUT2D eigenvalue weighted by atomic mass is 9.98. The highest BCUT2D eigenvalue weighted by atomic mass is 32.1. The number of nitrogens with one attached hydrogen (secondary N) is 1. The van der Waals surface area contributed by atoms with Gasteiger partial charge in [-0.2, -0.15) is 11.3 Å². The Labute approximate surface area is 109 Å². The van der Waals surface area contributed by atoms with E-state index in [-0.39, 0.29) is 6.04 Å². The van der Waals surface area contributed by atoms with Gasteiger partial charge in [0.2, 0.25) is 0 Å². The van der Waals surface area contributed by atoms with E-state index in [9.17, 15) is 8.78 Å². The normalized spacial score (nSPS) is 12.7. The van der Waals surface area contributed by atoms with E-state index in [2.05, 4.69) is 16.1 Å². The van der Waals surface area contributed by atoms with E-state index in [1.807, 2.05) is 14.0 Å². The van der Waals surface area contributed by atoms with Gasteiger partial charge < -0.3 is 5.32 Å². The summed E-state index contributed by atoms with van der Waals surface area (Å²) in [6.45, 7) is 2.04. The Hall–Kier alpha value is -1.26. The molecule has 1 atom stereocenters. The molecule has 0 aliphatic heterocycles. The fourth-order valence-corrected chi connectivity index (χ4v) is 2.96. The van der Waals surface area contributed by atoms with Gasteiger partial charge in [0.15, 0.2) is 0 Å². The van der Waals surface area contributed by atoms with E-state index in [0.29, 0.717) is 12.0 Å². The van der Waals surface area contributed by atoms with Gasteiger partial charge in [0.05, 0.1) is 0 Å². The predicted octanol–water partition coefficient (Wildman–Crippen LogP) is 3.84. The van der Waals surface area contributed by atoms with E-state index in [1.54, 1.807) is 11.3 Å². The minimum absolute atomic E-state index is 0.0810. The molecule has 0 aliphatic carbocycles. The molecule has 0 radical (unpaired) electrons. The SMILES string of the molecule is CNC(Cc1cc(F)cc(F)c1)c1cscc1C. The average molecular weight is 267 g/mol. The fourth-order valence-electron chi connectivity index (χ4n) is 2.06. The van der Waals surface area contributed by atoms with E-state index in [1.165, 1.54) is 23.3 Å². The van der Waals surface area contributed by atoms with Gasteiger partial charge in [0, 0.05) is 12.1 Å². The van der Waals surface area contributed by atoms with Crippen LogP contribution in [0.4, 0.5) is 8.78 Å². The maximum atomic E-state index is 13.1. The van der Waals surface area contributed by atoms with Crippen molar-refractivity contribution in [2.24, 2.45) is 0 Å². The number of hydrogen-bond donors (Lipinski definition) is 1. The van der Waals surface area contributed by atoms with Crippen molar-refractivity contribution in [3.63, 3.8) is 0 Å². The van der Waals surface area contributed by atoms with Crippen LogP contribution in [0.1, 0.15) is 22.7 Å². The molecule has 0 spiro atoms. The summed E-state index contributed by atoms with van der Waals surface area (Å²) in [6.07, 6.45) is 0.572. The number of benzene rings is 1. The second kappa shape index (κ2) is 5.59. The van der Waals surface area contributed by atoms with Crippen LogP contribution in [0.15, 0.2) is 29.0 Å². The number of hydrogen-bond acceptors (Lipinski definition) is 2. The molecule has 0 amide bonds. The van der Waals surface area contributed by atoms with E-state index < -0.39 is 11.6 Å². The first-order valence-electron chi connectivity index (χ1n) is 5.75. The lowest BCUT2D eigenvalue weighted by Gasteiger charge is -2.16. The maximum absolute atomic E-state index is 13.1. The highest BCUT2D eigenvalue weighted by molar-refractivity contribution is 7.08. The molecule has 1 aromatic carbocycles. The lowest BCUT2D eigenvalue weighted by Crippen LogP contribution is -2.19. The number of halogens is 2.